The first-order chi connectivity index (χ1) is 15.4. The zero-order valence-corrected chi connectivity index (χ0v) is 18.7. The van der Waals surface area contributed by atoms with Crippen LogP contribution in [-0.4, -0.2) is 67.8 Å². The van der Waals surface area contributed by atoms with Gasteiger partial charge in [-0.2, -0.15) is 4.31 Å². The van der Waals surface area contributed by atoms with Gasteiger partial charge in [-0.25, -0.2) is 13.2 Å². The molecule has 2 aromatic carbocycles. The van der Waals surface area contributed by atoms with Crippen molar-refractivity contribution in [1.82, 2.24) is 9.21 Å². The van der Waals surface area contributed by atoms with Crippen molar-refractivity contribution < 1.29 is 41.0 Å². The number of ether oxygens (including phenoxy) is 2. The lowest BCUT2D eigenvalue weighted by Crippen LogP contribution is -2.48. The average molecular weight is 509 g/mol. The van der Waals surface area contributed by atoms with Crippen molar-refractivity contribution in [1.29, 1.82) is 0 Å². The summed E-state index contributed by atoms with van der Waals surface area (Å²) >= 11 is 6.05. The van der Waals surface area contributed by atoms with E-state index in [0.717, 1.165) is 24.3 Å². The zero-order chi connectivity index (χ0) is 24.2. The Morgan fingerprint density at radius 3 is 2.27 bits per heavy atom. The van der Waals surface area contributed by atoms with Crippen molar-refractivity contribution in [2.75, 3.05) is 32.8 Å². The quantitative estimate of drug-likeness (QED) is 0.585. The number of piperazine rings is 1. The minimum Gasteiger partial charge on any atom is -0.482 e. The number of nitrogens with zero attached hydrogens (tertiary/aromatic N) is 2. The fraction of sp³-hybridized carbons (Fsp3) is 0.350. The molecule has 180 valence electrons. The van der Waals surface area contributed by atoms with Crippen LogP contribution in [0.4, 0.5) is 13.2 Å². The molecule has 1 fully saturated rings. The predicted octanol–water partition coefficient (Wildman–Crippen LogP) is 3.21. The lowest BCUT2D eigenvalue weighted by atomic mass is 10.1. The van der Waals surface area contributed by atoms with Gasteiger partial charge in [-0.05, 0) is 42.5 Å². The van der Waals surface area contributed by atoms with E-state index in [1.54, 1.807) is 18.2 Å². The first-order valence-electron chi connectivity index (χ1n) is 9.65. The van der Waals surface area contributed by atoms with Crippen molar-refractivity contribution in [2.24, 2.45) is 0 Å². The second kappa shape index (κ2) is 10.2. The minimum atomic E-state index is -4.86. The summed E-state index contributed by atoms with van der Waals surface area (Å²) in [6.45, 7) is 0.934. The van der Waals surface area contributed by atoms with Gasteiger partial charge in [0.2, 0.25) is 10.0 Å². The molecule has 0 atom stereocenters. The number of hydrogen-bond acceptors (Lipinski definition) is 6. The normalized spacial score (nSPS) is 15.9. The molecule has 2 aromatic rings. The molecule has 1 heterocycles. The fourth-order valence-electron chi connectivity index (χ4n) is 3.28. The number of benzene rings is 2. The maximum Gasteiger partial charge on any atom is 0.573 e. The van der Waals surface area contributed by atoms with Crippen LogP contribution >= 0.6 is 11.6 Å². The first kappa shape index (κ1) is 25.1. The molecular formula is C20H20ClF3N2O6S. The number of rotatable bonds is 8. The first-order valence-corrected chi connectivity index (χ1v) is 11.5. The van der Waals surface area contributed by atoms with E-state index in [4.69, 9.17) is 21.4 Å². The summed E-state index contributed by atoms with van der Waals surface area (Å²) in [6.07, 6.45) is -4.86. The van der Waals surface area contributed by atoms with Crippen LogP contribution in [0.1, 0.15) is 5.56 Å². The molecule has 0 saturated carbocycles. The van der Waals surface area contributed by atoms with E-state index in [9.17, 15) is 26.4 Å². The van der Waals surface area contributed by atoms with E-state index in [-0.39, 0.29) is 18.0 Å². The highest BCUT2D eigenvalue weighted by molar-refractivity contribution is 7.89. The molecule has 0 radical (unpaired) electrons. The molecule has 0 aromatic heterocycles. The third-order valence-corrected chi connectivity index (χ3v) is 6.94. The third kappa shape index (κ3) is 6.97. The Hall–Kier alpha value is -2.54. The lowest BCUT2D eigenvalue weighted by molar-refractivity contribution is -0.274. The molecule has 1 aliphatic heterocycles. The van der Waals surface area contributed by atoms with Crippen LogP contribution in [0, 0.1) is 0 Å². The van der Waals surface area contributed by atoms with Gasteiger partial charge in [-0.3, -0.25) is 4.90 Å². The van der Waals surface area contributed by atoms with E-state index < -0.39 is 34.7 Å². The molecule has 33 heavy (non-hydrogen) atoms. The number of carbonyl (C=O) groups is 1. The molecule has 1 aliphatic rings. The molecule has 0 aliphatic carbocycles. The van der Waals surface area contributed by atoms with Crippen LogP contribution in [0.2, 0.25) is 5.02 Å². The van der Waals surface area contributed by atoms with Crippen LogP contribution in [0.25, 0.3) is 0 Å². The van der Waals surface area contributed by atoms with Gasteiger partial charge in [0, 0.05) is 43.3 Å². The van der Waals surface area contributed by atoms with Crippen LogP contribution in [0.3, 0.4) is 0 Å². The summed E-state index contributed by atoms with van der Waals surface area (Å²) < 4.78 is 72.9. The van der Waals surface area contributed by atoms with Crippen LogP contribution < -0.4 is 9.47 Å². The number of carboxylic acid groups (broad SMARTS) is 1. The molecule has 0 spiro atoms. The molecule has 3 rings (SSSR count). The molecule has 1 saturated heterocycles. The van der Waals surface area contributed by atoms with Gasteiger partial charge >= 0.3 is 12.3 Å². The van der Waals surface area contributed by atoms with Gasteiger partial charge in [0.15, 0.2) is 6.61 Å². The van der Waals surface area contributed by atoms with Crippen molar-refractivity contribution >= 4 is 27.6 Å². The summed E-state index contributed by atoms with van der Waals surface area (Å²) in [5.74, 6) is -1.25. The molecule has 0 amide bonds. The van der Waals surface area contributed by atoms with Crippen molar-refractivity contribution in [2.45, 2.75) is 17.8 Å². The SMILES string of the molecule is O=C(O)COc1ccc(Cl)cc1CN1CCN(S(=O)(=O)c2ccc(OC(F)(F)F)cc2)CC1. The van der Waals surface area contributed by atoms with Crippen LogP contribution in [0.5, 0.6) is 11.5 Å². The second-order valence-electron chi connectivity index (χ2n) is 7.13. The Kier molecular flexibility index (Phi) is 7.73. The maximum atomic E-state index is 12.8. The topological polar surface area (TPSA) is 96.4 Å². The van der Waals surface area contributed by atoms with Gasteiger partial charge in [0.25, 0.3) is 0 Å². The smallest absolute Gasteiger partial charge is 0.482 e. The highest BCUT2D eigenvalue weighted by Crippen LogP contribution is 2.27. The average Bonchev–Trinajstić information content (AvgIpc) is 2.73. The van der Waals surface area contributed by atoms with Gasteiger partial charge in [0.1, 0.15) is 11.5 Å². The van der Waals surface area contributed by atoms with Crippen molar-refractivity contribution in [3.8, 4) is 11.5 Å². The molecule has 13 heteroatoms. The summed E-state index contributed by atoms with van der Waals surface area (Å²) in [4.78, 5) is 12.6. The summed E-state index contributed by atoms with van der Waals surface area (Å²) in [5, 5.41) is 9.28. The van der Waals surface area contributed by atoms with E-state index in [1.165, 1.54) is 4.31 Å². The van der Waals surface area contributed by atoms with Gasteiger partial charge in [-0.1, -0.05) is 11.6 Å². The highest BCUT2D eigenvalue weighted by Gasteiger charge is 2.32. The van der Waals surface area contributed by atoms with Crippen molar-refractivity contribution in [3.63, 3.8) is 0 Å². The summed E-state index contributed by atoms with van der Waals surface area (Å²) in [6, 6.07) is 8.86. The van der Waals surface area contributed by atoms with E-state index >= 15 is 0 Å². The van der Waals surface area contributed by atoms with E-state index in [2.05, 4.69) is 4.74 Å². The lowest BCUT2D eigenvalue weighted by Gasteiger charge is -2.34. The largest absolute Gasteiger partial charge is 0.573 e. The number of sulfonamides is 1. The minimum absolute atomic E-state index is 0.135. The predicted molar refractivity (Wildman–Crippen MR) is 112 cm³/mol. The second-order valence-corrected chi connectivity index (χ2v) is 9.51. The van der Waals surface area contributed by atoms with Crippen molar-refractivity contribution in [3.05, 3.63) is 53.1 Å². The zero-order valence-electron chi connectivity index (χ0n) is 17.1. The van der Waals surface area contributed by atoms with Gasteiger partial charge in [-0.15, -0.1) is 13.2 Å². The molecule has 1 N–H and O–H groups in total. The van der Waals surface area contributed by atoms with Crippen LogP contribution in [0.15, 0.2) is 47.4 Å². The standard InChI is InChI=1S/C20H20ClF3N2O6S/c21-15-1-6-18(31-13-19(27)28)14(11-15)12-25-7-9-26(10-8-25)33(29,30)17-4-2-16(3-5-17)32-20(22,23)24/h1-6,11H,7-10,12-13H2,(H,27,28). The number of alkyl halides is 3. The Morgan fingerprint density at radius 1 is 1.06 bits per heavy atom. The summed E-state index contributed by atoms with van der Waals surface area (Å²) in [5.41, 5.74) is 0.667. The molecule has 0 unspecified atom stereocenters. The maximum absolute atomic E-state index is 12.8. The Labute approximate surface area is 193 Å². The van der Waals surface area contributed by atoms with E-state index in [0.29, 0.717) is 36.0 Å². The monoisotopic (exact) mass is 508 g/mol. The fourth-order valence-corrected chi connectivity index (χ4v) is 4.90. The number of carboxylic acids is 1. The van der Waals surface area contributed by atoms with Crippen LogP contribution in [-0.2, 0) is 21.4 Å². The Morgan fingerprint density at radius 2 is 1.70 bits per heavy atom. The number of halogens is 4. The van der Waals surface area contributed by atoms with E-state index in [1.807, 2.05) is 4.90 Å². The third-order valence-electron chi connectivity index (χ3n) is 4.79. The highest BCUT2D eigenvalue weighted by atomic mass is 35.5. The number of aliphatic carboxylic acids is 1. The molecule has 8 nitrogen and oxygen atoms in total. The molecular weight excluding hydrogens is 489 g/mol. The van der Waals surface area contributed by atoms with Gasteiger partial charge < -0.3 is 14.6 Å². The summed E-state index contributed by atoms with van der Waals surface area (Å²) in [7, 11) is -3.89. The Bertz CT molecular complexity index is 1090. The number of hydrogen-bond donors (Lipinski definition) is 1. The Balaban J connectivity index is 1.63. The van der Waals surface area contributed by atoms with Gasteiger partial charge in [0.05, 0.1) is 4.90 Å². The molecule has 0 bridgehead atoms.